The number of rotatable bonds is 3. The number of carbonyl (C=O) groups excluding carboxylic acids is 1. The molecule has 0 spiro atoms. The van der Waals surface area contributed by atoms with Crippen LogP contribution in [0.2, 0.25) is 0 Å². The molecule has 0 fully saturated rings. The van der Waals surface area contributed by atoms with Crippen LogP contribution in [0.25, 0.3) is 16.8 Å². The topological polar surface area (TPSA) is 37.3 Å². The Morgan fingerprint density at radius 2 is 1.78 bits per heavy atom. The second-order valence-corrected chi connectivity index (χ2v) is 4.61. The van der Waals surface area contributed by atoms with Crippen molar-refractivity contribution < 1.29 is 9.90 Å². The molecule has 0 saturated heterocycles. The van der Waals surface area contributed by atoms with E-state index in [9.17, 15) is 4.79 Å². The summed E-state index contributed by atoms with van der Waals surface area (Å²) >= 11 is 0. The highest BCUT2D eigenvalue weighted by Gasteiger charge is 2.22. The van der Waals surface area contributed by atoms with Crippen LogP contribution in [-0.4, -0.2) is 17.5 Å². The summed E-state index contributed by atoms with van der Waals surface area (Å²) < 4.78 is 0. The van der Waals surface area contributed by atoms with Crippen LogP contribution in [0.1, 0.15) is 28.8 Å². The van der Waals surface area contributed by atoms with E-state index in [1.807, 2.05) is 30.3 Å². The first kappa shape index (κ1) is 11.2. The van der Waals surface area contributed by atoms with Crippen LogP contribution in [0.5, 0.6) is 0 Å². The van der Waals surface area contributed by atoms with Gasteiger partial charge in [-0.2, -0.15) is 0 Å². The molecule has 2 aromatic rings. The van der Waals surface area contributed by atoms with Gasteiger partial charge in [-0.1, -0.05) is 24.3 Å². The minimum atomic E-state index is 0.115. The molecule has 0 atom stereocenters. The van der Waals surface area contributed by atoms with E-state index in [0.29, 0.717) is 12.8 Å². The van der Waals surface area contributed by atoms with Crippen molar-refractivity contribution in [2.24, 2.45) is 0 Å². The molecule has 1 N–H and O–H groups in total. The van der Waals surface area contributed by atoms with Gasteiger partial charge in [0.2, 0.25) is 0 Å². The lowest BCUT2D eigenvalue weighted by Crippen LogP contribution is -1.99. The molecule has 0 saturated carbocycles. The Hall–Kier alpha value is -1.93. The van der Waals surface area contributed by atoms with E-state index in [4.69, 9.17) is 5.11 Å². The zero-order chi connectivity index (χ0) is 12.5. The number of Topliss-reactive ketones (excluding diaryl/α,β-unsaturated/α-hetero) is 1. The van der Waals surface area contributed by atoms with E-state index in [1.165, 1.54) is 0 Å². The number of hydrogen-bond acceptors (Lipinski definition) is 2. The number of allylic oxidation sites excluding steroid dienone is 1. The molecular formula is C16H14O2. The quantitative estimate of drug-likeness (QED) is 0.891. The van der Waals surface area contributed by atoms with Gasteiger partial charge in [0.25, 0.3) is 0 Å². The van der Waals surface area contributed by atoms with E-state index in [0.717, 1.165) is 27.5 Å². The Bertz CT molecular complexity index is 653. The van der Waals surface area contributed by atoms with Gasteiger partial charge in [0.15, 0.2) is 5.78 Å². The standard InChI is InChI=1S/C16H14O2/c17-7-3-6-13-9-14-8-11-4-1-2-5-12(11)10-15(14)16(13)18/h1-2,4-5,8-10,17H,3,6-7H2. The van der Waals surface area contributed by atoms with Crippen LogP contribution in [0, 0.1) is 0 Å². The number of carbonyl (C=O) groups is 1. The summed E-state index contributed by atoms with van der Waals surface area (Å²) in [6.07, 6.45) is 3.26. The third-order valence-corrected chi connectivity index (χ3v) is 3.39. The smallest absolute Gasteiger partial charge is 0.189 e. The van der Waals surface area contributed by atoms with Gasteiger partial charge >= 0.3 is 0 Å². The van der Waals surface area contributed by atoms with Crippen LogP contribution in [0.4, 0.5) is 0 Å². The van der Waals surface area contributed by atoms with E-state index in [1.54, 1.807) is 0 Å². The van der Waals surface area contributed by atoms with Crippen molar-refractivity contribution >= 4 is 22.6 Å². The summed E-state index contributed by atoms with van der Waals surface area (Å²) in [6, 6.07) is 12.1. The van der Waals surface area contributed by atoms with E-state index in [-0.39, 0.29) is 12.4 Å². The summed E-state index contributed by atoms with van der Waals surface area (Å²) in [5.74, 6) is 0.115. The summed E-state index contributed by atoms with van der Waals surface area (Å²) in [7, 11) is 0. The van der Waals surface area contributed by atoms with Gasteiger partial charge < -0.3 is 5.11 Å². The number of benzene rings is 2. The molecule has 2 nitrogen and oxygen atoms in total. The second kappa shape index (κ2) is 4.39. The third kappa shape index (κ3) is 1.75. The largest absolute Gasteiger partial charge is 0.396 e. The van der Waals surface area contributed by atoms with Gasteiger partial charge in [0.1, 0.15) is 0 Å². The fourth-order valence-electron chi connectivity index (χ4n) is 2.46. The van der Waals surface area contributed by atoms with Gasteiger partial charge in [-0.3, -0.25) is 4.79 Å². The zero-order valence-corrected chi connectivity index (χ0v) is 10.0. The number of aliphatic hydroxyl groups excluding tert-OH is 1. The fraction of sp³-hybridized carbons (Fsp3) is 0.188. The number of aliphatic hydroxyl groups is 1. The first-order chi connectivity index (χ1) is 8.79. The molecule has 2 heteroatoms. The van der Waals surface area contributed by atoms with Crippen molar-refractivity contribution in [3.8, 4) is 0 Å². The van der Waals surface area contributed by atoms with Gasteiger partial charge in [0.05, 0.1) is 0 Å². The van der Waals surface area contributed by atoms with E-state index < -0.39 is 0 Å². The van der Waals surface area contributed by atoms with E-state index in [2.05, 4.69) is 12.1 Å². The first-order valence-corrected chi connectivity index (χ1v) is 6.18. The molecule has 90 valence electrons. The molecule has 0 aliphatic heterocycles. The molecular weight excluding hydrogens is 224 g/mol. The summed E-state index contributed by atoms with van der Waals surface area (Å²) in [5, 5.41) is 11.1. The highest BCUT2D eigenvalue weighted by Crippen LogP contribution is 2.31. The first-order valence-electron chi connectivity index (χ1n) is 6.18. The molecule has 0 bridgehead atoms. The summed E-state index contributed by atoms with van der Waals surface area (Å²) in [5.41, 5.74) is 2.61. The molecule has 0 radical (unpaired) electrons. The fourth-order valence-corrected chi connectivity index (χ4v) is 2.46. The zero-order valence-electron chi connectivity index (χ0n) is 10.0. The van der Waals surface area contributed by atoms with Crippen molar-refractivity contribution in [1.82, 2.24) is 0 Å². The summed E-state index contributed by atoms with van der Waals surface area (Å²) in [6.45, 7) is 0.128. The number of hydrogen-bond donors (Lipinski definition) is 1. The average Bonchev–Trinajstić information content (AvgIpc) is 2.70. The highest BCUT2D eigenvalue weighted by molar-refractivity contribution is 6.19. The molecule has 18 heavy (non-hydrogen) atoms. The van der Waals surface area contributed by atoms with Gasteiger partial charge in [-0.15, -0.1) is 0 Å². The maximum atomic E-state index is 12.2. The molecule has 0 unspecified atom stereocenters. The number of fused-ring (bicyclic) bond motifs is 2. The second-order valence-electron chi connectivity index (χ2n) is 4.61. The molecule has 0 aromatic heterocycles. The monoisotopic (exact) mass is 238 g/mol. The van der Waals surface area contributed by atoms with Crippen LogP contribution in [0.15, 0.2) is 42.0 Å². The Morgan fingerprint density at radius 1 is 1.06 bits per heavy atom. The Kier molecular flexibility index (Phi) is 2.73. The van der Waals surface area contributed by atoms with Gasteiger partial charge in [0, 0.05) is 17.7 Å². The molecule has 0 amide bonds. The van der Waals surface area contributed by atoms with E-state index >= 15 is 0 Å². The Labute approximate surface area is 106 Å². The van der Waals surface area contributed by atoms with Crippen molar-refractivity contribution in [2.45, 2.75) is 12.8 Å². The van der Waals surface area contributed by atoms with Crippen LogP contribution in [0.3, 0.4) is 0 Å². The predicted octanol–water partition coefficient (Wildman–Crippen LogP) is 3.19. The minimum Gasteiger partial charge on any atom is -0.396 e. The highest BCUT2D eigenvalue weighted by atomic mass is 16.2. The summed E-state index contributed by atoms with van der Waals surface area (Å²) in [4.78, 5) is 12.2. The van der Waals surface area contributed by atoms with Crippen LogP contribution in [-0.2, 0) is 0 Å². The third-order valence-electron chi connectivity index (χ3n) is 3.39. The van der Waals surface area contributed by atoms with Crippen molar-refractivity contribution in [1.29, 1.82) is 0 Å². The van der Waals surface area contributed by atoms with Crippen LogP contribution < -0.4 is 0 Å². The Balaban J connectivity index is 2.06. The lowest BCUT2D eigenvalue weighted by Gasteiger charge is -2.02. The predicted molar refractivity (Wildman–Crippen MR) is 72.6 cm³/mol. The van der Waals surface area contributed by atoms with Crippen LogP contribution >= 0.6 is 0 Å². The normalized spacial score (nSPS) is 13.8. The minimum absolute atomic E-state index is 0.115. The lowest BCUT2D eigenvalue weighted by atomic mass is 10.0. The van der Waals surface area contributed by atoms with Crippen molar-refractivity contribution in [3.63, 3.8) is 0 Å². The maximum Gasteiger partial charge on any atom is 0.189 e. The van der Waals surface area contributed by atoms with Gasteiger partial charge in [-0.25, -0.2) is 0 Å². The Morgan fingerprint density at radius 3 is 2.50 bits per heavy atom. The lowest BCUT2D eigenvalue weighted by molar-refractivity contribution is 0.103. The molecule has 3 rings (SSSR count). The molecule has 2 aromatic carbocycles. The molecule has 1 aliphatic rings. The van der Waals surface area contributed by atoms with Crippen molar-refractivity contribution in [2.75, 3.05) is 6.61 Å². The maximum absolute atomic E-state index is 12.2. The SMILES string of the molecule is O=C1C(CCCO)=Cc2cc3ccccc3cc21. The molecule has 1 aliphatic carbocycles. The average molecular weight is 238 g/mol. The van der Waals surface area contributed by atoms with Crippen molar-refractivity contribution in [3.05, 3.63) is 53.1 Å². The number of ketones is 1. The molecule has 0 heterocycles. The van der Waals surface area contributed by atoms with Gasteiger partial charge in [-0.05, 0) is 47.4 Å².